The van der Waals surface area contributed by atoms with Crippen LogP contribution in [0.3, 0.4) is 0 Å². The number of sulfonamides is 1. The predicted octanol–water partition coefficient (Wildman–Crippen LogP) is 2.50. The SMILES string of the molecule is CCOC(=O)c1ccc(S(=O)(=O)N2CCC(C(=O)Nc3ccccc3)CC2)o1. The lowest BCUT2D eigenvalue weighted by atomic mass is 9.97. The second-order valence-corrected chi connectivity index (χ2v) is 8.24. The molecule has 1 aromatic heterocycles. The van der Waals surface area contributed by atoms with Crippen molar-refractivity contribution in [1.82, 2.24) is 4.31 Å². The molecule has 1 N–H and O–H groups in total. The predicted molar refractivity (Wildman–Crippen MR) is 101 cm³/mol. The minimum Gasteiger partial charge on any atom is -0.460 e. The number of rotatable bonds is 6. The third-order valence-electron chi connectivity index (χ3n) is 4.52. The summed E-state index contributed by atoms with van der Waals surface area (Å²) < 4.78 is 36.7. The van der Waals surface area contributed by atoms with Crippen LogP contribution in [0, 0.1) is 5.92 Å². The highest BCUT2D eigenvalue weighted by Gasteiger charge is 2.34. The molecule has 0 radical (unpaired) electrons. The van der Waals surface area contributed by atoms with Crippen molar-refractivity contribution < 1.29 is 27.2 Å². The number of nitrogens with zero attached hydrogens (tertiary/aromatic N) is 1. The highest BCUT2D eigenvalue weighted by Crippen LogP contribution is 2.26. The average molecular weight is 406 g/mol. The Kier molecular flexibility index (Phi) is 6.15. The van der Waals surface area contributed by atoms with Crippen LogP contribution in [0.1, 0.15) is 30.3 Å². The molecule has 0 bridgehead atoms. The minimum atomic E-state index is -3.87. The first-order valence-corrected chi connectivity index (χ1v) is 10.5. The minimum absolute atomic E-state index is 0.120. The lowest BCUT2D eigenvalue weighted by Crippen LogP contribution is -2.41. The molecule has 8 nitrogen and oxygen atoms in total. The number of nitrogens with one attached hydrogen (secondary N) is 1. The maximum absolute atomic E-state index is 12.7. The number of furan rings is 1. The monoisotopic (exact) mass is 406 g/mol. The quantitative estimate of drug-likeness (QED) is 0.739. The Morgan fingerprint density at radius 2 is 1.82 bits per heavy atom. The molecule has 1 aliphatic heterocycles. The number of hydrogen-bond donors (Lipinski definition) is 1. The van der Waals surface area contributed by atoms with Gasteiger partial charge in [0.2, 0.25) is 16.8 Å². The highest BCUT2D eigenvalue weighted by molar-refractivity contribution is 7.89. The number of esters is 1. The normalized spacial score (nSPS) is 15.9. The second-order valence-electron chi connectivity index (χ2n) is 6.37. The fraction of sp³-hybridized carbons (Fsp3) is 0.368. The zero-order valence-corrected chi connectivity index (χ0v) is 16.3. The number of ether oxygens (including phenoxy) is 1. The molecule has 0 spiro atoms. The molecule has 28 heavy (non-hydrogen) atoms. The maximum Gasteiger partial charge on any atom is 0.374 e. The lowest BCUT2D eigenvalue weighted by Gasteiger charge is -2.29. The molecule has 150 valence electrons. The van der Waals surface area contributed by atoms with E-state index >= 15 is 0 Å². The molecule has 0 unspecified atom stereocenters. The van der Waals surface area contributed by atoms with Crippen molar-refractivity contribution in [2.75, 3.05) is 25.0 Å². The summed E-state index contributed by atoms with van der Waals surface area (Å²) in [6.07, 6.45) is 0.812. The first-order chi connectivity index (χ1) is 13.4. The fourth-order valence-corrected chi connectivity index (χ4v) is 4.40. The van der Waals surface area contributed by atoms with Gasteiger partial charge in [-0.05, 0) is 44.0 Å². The van der Waals surface area contributed by atoms with Crippen LogP contribution in [-0.4, -0.2) is 44.3 Å². The van der Waals surface area contributed by atoms with E-state index in [0.717, 1.165) is 0 Å². The molecule has 0 aliphatic carbocycles. The van der Waals surface area contributed by atoms with Crippen molar-refractivity contribution in [3.8, 4) is 0 Å². The van der Waals surface area contributed by atoms with E-state index in [4.69, 9.17) is 9.15 Å². The fourth-order valence-electron chi connectivity index (χ4n) is 3.02. The zero-order chi connectivity index (χ0) is 20.1. The van der Waals surface area contributed by atoms with Gasteiger partial charge >= 0.3 is 5.97 Å². The van der Waals surface area contributed by atoms with Crippen LogP contribution in [0.25, 0.3) is 0 Å². The van der Waals surface area contributed by atoms with Gasteiger partial charge in [0.25, 0.3) is 10.0 Å². The first kappa shape index (κ1) is 20.1. The molecule has 1 saturated heterocycles. The van der Waals surface area contributed by atoms with Gasteiger partial charge in [0.05, 0.1) is 6.61 Å². The van der Waals surface area contributed by atoms with Crippen molar-refractivity contribution in [2.45, 2.75) is 24.9 Å². The van der Waals surface area contributed by atoms with Crippen molar-refractivity contribution in [3.63, 3.8) is 0 Å². The average Bonchev–Trinajstić information content (AvgIpc) is 3.20. The van der Waals surface area contributed by atoms with Gasteiger partial charge in [-0.1, -0.05) is 18.2 Å². The summed E-state index contributed by atoms with van der Waals surface area (Å²) >= 11 is 0. The van der Waals surface area contributed by atoms with E-state index in [1.807, 2.05) is 18.2 Å². The molecular weight excluding hydrogens is 384 g/mol. The van der Waals surface area contributed by atoms with Crippen molar-refractivity contribution in [3.05, 3.63) is 48.2 Å². The van der Waals surface area contributed by atoms with E-state index < -0.39 is 16.0 Å². The first-order valence-electron chi connectivity index (χ1n) is 9.05. The van der Waals surface area contributed by atoms with Crippen LogP contribution in [0.15, 0.2) is 52.0 Å². The Hall–Kier alpha value is -2.65. The molecule has 1 amide bonds. The maximum atomic E-state index is 12.7. The third-order valence-corrected chi connectivity index (χ3v) is 6.29. The summed E-state index contributed by atoms with van der Waals surface area (Å²) in [5, 5.41) is 2.54. The number of piperidine rings is 1. The highest BCUT2D eigenvalue weighted by atomic mass is 32.2. The van der Waals surface area contributed by atoms with Crippen LogP contribution in [0.2, 0.25) is 0 Å². The number of carbonyl (C=O) groups excluding carboxylic acids is 2. The van der Waals surface area contributed by atoms with Crippen molar-refractivity contribution in [1.29, 1.82) is 0 Å². The van der Waals surface area contributed by atoms with Crippen molar-refractivity contribution in [2.24, 2.45) is 5.92 Å². The number of carbonyl (C=O) groups is 2. The number of amides is 1. The molecule has 3 rings (SSSR count). The van der Waals surface area contributed by atoms with Gasteiger partial charge in [0.1, 0.15) is 0 Å². The summed E-state index contributed by atoms with van der Waals surface area (Å²) in [6.45, 7) is 2.21. The number of benzene rings is 1. The van der Waals surface area contributed by atoms with Crippen molar-refractivity contribution >= 4 is 27.6 Å². The van der Waals surface area contributed by atoms with Gasteiger partial charge in [0, 0.05) is 24.7 Å². The number of anilines is 1. The Bertz CT molecular complexity index is 930. The molecule has 1 fully saturated rings. The molecular formula is C19H22N2O6S. The Labute approximate surface area is 163 Å². The molecule has 2 heterocycles. The largest absolute Gasteiger partial charge is 0.460 e. The van der Waals surface area contributed by atoms with Gasteiger partial charge in [-0.15, -0.1) is 0 Å². The topological polar surface area (TPSA) is 106 Å². The van der Waals surface area contributed by atoms with Crippen LogP contribution in [0.4, 0.5) is 5.69 Å². The van der Waals surface area contributed by atoms with Crippen LogP contribution >= 0.6 is 0 Å². The third kappa shape index (κ3) is 4.42. The summed E-state index contributed by atoms with van der Waals surface area (Å²) in [5.41, 5.74) is 0.713. The van der Waals surface area contributed by atoms with E-state index in [-0.39, 0.29) is 42.4 Å². The summed E-state index contributed by atoms with van der Waals surface area (Å²) in [4.78, 5) is 24.0. The van der Waals surface area contributed by atoms with Gasteiger partial charge in [-0.25, -0.2) is 13.2 Å². The molecule has 0 saturated carbocycles. The lowest BCUT2D eigenvalue weighted by molar-refractivity contribution is -0.120. The van der Waals surface area contributed by atoms with Gasteiger partial charge < -0.3 is 14.5 Å². The summed E-state index contributed by atoms with van der Waals surface area (Å²) in [6, 6.07) is 11.7. The molecule has 1 aliphatic rings. The van der Waals surface area contributed by atoms with Crippen LogP contribution in [-0.2, 0) is 19.6 Å². The van der Waals surface area contributed by atoms with E-state index in [0.29, 0.717) is 18.5 Å². The van der Waals surface area contributed by atoms with Crippen LogP contribution < -0.4 is 5.32 Å². The standard InChI is InChI=1S/C19H22N2O6S/c1-2-26-19(23)16-8-9-17(27-16)28(24,25)21-12-10-14(11-13-21)18(22)20-15-6-4-3-5-7-15/h3-9,14H,2,10-13H2,1H3,(H,20,22). The Morgan fingerprint density at radius 1 is 1.14 bits per heavy atom. The van der Waals surface area contributed by atoms with Crippen LogP contribution in [0.5, 0.6) is 0 Å². The van der Waals surface area contributed by atoms with Gasteiger partial charge in [-0.3, -0.25) is 4.79 Å². The van der Waals surface area contributed by atoms with E-state index in [9.17, 15) is 18.0 Å². The molecule has 9 heteroatoms. The molecule has 0 atom stereocenters. The number of para-hydroxylation sites is 1. The van der Waals surface area contributed by atoms with Gasteiger partial charge in [-0.2, -0.15) is 4.31 Å². The second kappa shape index (κ2) is 8.57. The summed E-state index contributed by atoms with van der Waals surface area (Å²) in [7, 11) is -3.87. The zero-order valence-electron chi connectivity index (χ0n) is 15.5. The van der Waals surface area contributed by atoms with E-state index in [1.165, 1.54) is 16.4 Å². The summed E-state index contributed by atoms with van der Waals surface area (Å²) in [5.74, 6) is -1.25. The molecule has 1 aromatic carbocycles. The Morgan fingerprint density at radius 3 is 2.46 bits per heavy atom. The molecule has 2 aromatic rings. The van der Waals surface area contributed by atoms with E-state index in [2.05, 4.69) is 5.32 Å². The number of hydrogen-bond acceptors (Lipinski definition) is 6. The van der Waals surface area contributed by atoms with Gasteiger partial charge in [0.15, 0.2) is 0 Å². The smallest absolute Gasteiger partial charge is 0.374 e. The van der Waals surface area contributed by atoms with E-state index in [1.54, 1.807) is 19.1 Å². The Balaban J connectivity index is 1.60.